The van der Waals surface area contributed by atoms with E-state index in [1.807, 2.05) is 7.05 Å². The molecule has 0 heterocycles. The Bertz CT molecular complexity index is 354. The monoisotopic (exact) mass is 280 g/mol. The normalized spacial score (nSPS) is 14.1. The van der Waals surface area contributed by atoms with Crippen LogP contribution in [0, 0.1) is 0 Å². The zero-order valence-electron chi connectivity index (χ0n) is 11.5. The minimum absolute atomic E-state index is 0.284. The number of nitrogens with one attached hydrogen (secondary N) is 1. The summed E-state index contributed by atoms with van der Waals surface area (Å²) in [5.41, 5.74) is 0. The van der Waals surface area contributed by atoms with Gasteiger partial charge in [-0.2, -0.15) is 0 Å². The number of nitrogens with zero attached hydrogens (tertiary/aromatic N) is 1. The number of hydrogen-bond acceptors (Lipinski definition) is 4. The molecule has 0 spiro atoms. The van der Waals surface area contributed by atoms with Gasteiger partial charge in [-0.05, 0) is 47.2 Å². The van der Waals surface area contributed by atoms with Crippen LogP contribution in [0.1, 0.15) is 33.6 Å². The van der Waals surface area contributed by atoms with Crippen molar-refractivity contribution in [3.8, 4) is 0 Å². The summed E-state index contributed by atoms with van der Waals surface area (Å²) in [6.45, 7) is 6.53. The fourth-order valence-corrected chi connectivity index (χ4v) is 2.16. The third-order valence-corrected chi connectivity index (χ3v) is 4.67. The molecule has 0 aromatic heterocycles. The van der Waals surface area contributed by atoms with E-state index in [9.17, 15) is 13.2 Å². The lowest BCUT2D eigenvalue weighted by molar-refractivity contribution is -0.136. The van der Waals surface area contributed by atoms with Crippen molar-refractivity contribution in [2.24, 2.45) is 0 Å². The largest absolute Gasteiger partial charge is 0.480 e. The second-order valence-electron chi connectivity index (χ2n) is 4.70. The SMILES string of the molecule is CC(C)N(C)CCCCNS(=O)(=O)C(C)C(=O)O. The predicted molar refractivity (Wildman–Crippen MR) is 71.0 cm³/mol. The fraction of sp³-hybridized carbons (Fsp3) is 0.909. The van der Waals surface area contributed by atoms with E-state index in [1.165, 1.54) is 0 Å². The van der Waals surface area contributed by atoms with Crippen molar-refractivity contribution in [3.05, 3.63) is 0 Å². The number of sulfonamides is 1. The standard InChI is InChI=1S/C11H24N2O4S/c1-9(2)13(4)8-6-5-7-12-18(16,17)10(3)11(14)15/h9-10,12H,5-8H2,1-4H3,(H,14,15). The number of carboxylic acid groups (broad SMARTS) is 1. The summed E-state index contributed by atoms with van der Waals surface area (Å²) < 4.78 is 25.3. The van der Waals surface area contributed by atoms with Gasteiger partial charge in [0, 0.05) is 12.6 Å². The van der Waals surface area contributed by atoms with Gasteiger partial charge in [-0.25, -0.2) is 13.1 Å². The average molecular weight is 280 g/mol. The average Bonchev–Trinajstić information content (AvgIpc) is 2.26. The van der Waals surface area contributed by atoms with E-state index in [-0.39, 0.29) is 6.54 Å². The lowest BCUT2D eigenvalue weighted by Gasteiger charge is -2.20. The molecule has 0 aliphatic rings. The van der Waals surface area contributed by atoms with Gasteiger partial charge in [0.2, 0.25) is 10.0 Å². The zero-order chi connectivity index (χ0) is 14.3. The Kier molecular flexibility index (Phi) is 7.42. The number of carboxylic acids is 1. The summed E-state index contributed by atoms with van der Waals surface area (Å²) in [5.74, 6) is -1.33. The van der Waals surface area contributed by atoms with Crippen LogP contribution >= 0.6 is 0 Å². The molecule has 0 radical (unpaired) electrons. The van der Waals surface area contributed by atoms with E-state index in [1.54, 1.807) is 0 Å². The zero-order valence-corrected chi connectivity index (χ0v) is 12.3. The van der Waals surface area contributed by atoms with Crippen LogP contribution in [0.25, 0.3) is 0 Å². The summed E-state index contributed by atoms with van der Waals surface area (Å²) in [6.07, 6.45) is 1.57. The highest BCUT2D eigenvalue weighted by atomic mass is 32.2. The van der Waals surface area contributed by atoms with Crippen LogP contribution in [0.5, 0.6) is 0 Å². The van der Waals surface area contributed by atoms with Crippen LogP contribution < -0.4 is 4.72 Å². The van der Waals surface area contributed by atoms with Crippen molar-refractivity contribution in [1.29, 1.82) is 0 Å². The summed E-state index contributed by atoms with van der Waals surface area (Å²) in [6, 6.07) is 0.466. The molecule has 0 amide bonds. The van der Waals surface area contributed by atoms with Crippen LogP contribution in [0.15, 0.2) is 0 Å². The molecular weight excluding hydrogens is 256 g/mol. The fourth-order valence-electron chi connectivity index (χ4n) is 1.22. The molecule has 1 unspecified atom stereocenters. The maximum atomic E-state index is 11.5. The number of hydrogen-bond donors (Lipinski definition) is 2. The third kappa shape index (κ3) is 6.32. The highest BCUT2D eigenvalue weighted by Gasteiger charge is 2.26. The van der Waals surface area contributed by atoms with Crippen LogP contribution in [0.2, 0.25) is 0 Å². The molecule has 1 atom stereocenters. The van der Waals surface area contributed by atoms with E-state index in [2.05, 4.69) is 23.5 Å². The topological polar surface area (TPSA) is 86.7 Å². The summed E-state index contributed by atoms with van der Waals surface area (Å²) in [4.78, 5) is 12.7. The summed E-state index contributed by atoms with van der Waals surface area (Å²) in [5, 5.41) is 7.22. The second kappa shape index (κ2) is 7.70. The van der Waals surface area contributed by atoms with Gasteiger partial charge in [0.05, 0.1) is 0 Å². The molecule has 0 saturated heterocycles. The second-order valence-corrected chi connectivity index (χ2v) is 6.79. The van der Waals surface area contributed by atoms with Crippen LogP contribution in [0.4, 0.5) is 0 Å². The molecule has 0 aliphatic carbocycles. The molecule has 0 aromatic rings. The van der Waals surface area contributed by atoms with Crippen LogP contribution in [-0.2, 0) is 14.8 Å². The molecule has 0 fully saturated rings. The molecule has 0 aromatic carbocycles. The Hall–Kier alpha value is -0.660. The molecule has 0 rings (SSSR count). The van der Waals surface area contributed by atoms with Gasteiger partial charge < -0.3 is 10.0 Å². The van der Waals surface area contributed by atoms with Crippen molar-refractivity contribution >= 4 is 16.0 Å². The molecule has 108 valence electrons. The Morgan fingerprint density at radius 1 is 1.28 bits per heavy atom. The summed E-state index contributed by atoms with van der Waals surface area (Å²) in [7, 11) is -1.72. The first kappa shape index (κ1) is 17.3. The van der Waals surface area contributed by atoms with Crippen molar-refractivity contribution < 1.29 is 18.3 Å². The van der Waals surface area contributed by atoms with Gasteiger partial charge >= 0.3 is 5.97 Å². The Morgan fingerprint density at radius 2 is 1.83 bits per heavy atom. The van der Waals surface area contributed by atoms with Crippen molar-refractivity contribution in [3.63, 3.8) is 0 Å². The molecule has 2 N–H and O–H groups in total. The first-order valence-corrected chi connectivity index (χ1v) is 7.64. The van der Waals surface area contributed by atoms with E-state index in [4.69, 9.17) is 5.11 Å². The highest BCUT2D eigenvalue weighted by molar-refractivity contribution is 7.90. The minimum atomic E-state index is -3.74. The van der Waals surface area contributed by atoms with Gasteiger partial charge in [-0.15, -0.1) is 0 Å². The number of rotatable bonds is 9. The molecular formula is C11H24N2O4S. The maximum Gasteiger partial charge on any atom is 0.323 e. The third-order valence-electron chi connectivity index (χ3n) is 2.94. The summed E-state index contributed by atoms with van der Waals surface area (Å²) >= 11 is 0. The lowest BCUT2D eigenvalue weighted by atomic mass is 10.2. The van der Waals surface area contributed by atoms with E-state index in [0.29, 0.717) is 12.5 Å². The number of unbranched alkanes of at least 4 members (excludes halogenated alkanes) is 1. The Labute approximate surface area is 109 Å². The number of aliphatic carboxylic acids is 1. The van der Waals surface area contributed by atoms with Gasteiger partial charge in [0.15, 0.2) is 5.25 Å². The van der Waals surface area contributed by atoms with Gasteiger partial charge in [0.25, 0.3) is 0 Å². The molecule has 6 nitrogen and oxygen atoms in total. The van der Waals surface area contributed by atoms with E-state index >= 15 is 0 Å². The maximum absolute atomic E-state index is 11.5. The van der Waals surface area contributed by atoms with Crippen LogP contribution in [0.3, 0.4) is 0 Å². The van der Waals surface area contributed by atoms with Crippen molar-refractivity contribution in [2.45, 2.75) is 44.9 Å². The van der Waals surface area contributed by atoms with E-state index in [0.717, 1.165) is 19.9 Å². The smallest absolute Gasteiger partial charge is 0.323 e. The Morgan fingerprint density at radius 3 is 2.28 bits per heavy atom. The molecule has 7 heteroatoms. The molecule has 18 heavy (non-hydrogen) atoms. The first-order chi connectivity index (χ1) is 8.18. The molecule has 0 bridgehead atoms. The lowest BCUT2D eigenvalue weighted by Crippen LogP contribution is -2.38. The van der Waals surface area contributed by atoms with Gasteiger partial charge in [-0.1, -0.05) is 0 Å². The van der Waals surface area contributed by atoms with Crippen molar-refractivity contribution in [2.75, 3.05) is 20.1 Å². The predicted octanol–water partition coefficient (Wildman–Crippen LogP) is 0.499. The first-order valence-electron chi connectivity index (χ1n) is 6.10. The Balaban J connectivity index is 3.89. The van der Waals surface area contributed by atoms with Crippen LogP contribution in [-0.4, -0.2) is 55.8 Å². The molecule has 0 saturated carbocycles. The van der Waals surface area contributed by atoms with Gasteiger partial charge in [-0.3, -0.25) is 4.79 Å². The minimum Gasteiger partial charge on any atom is -0.480 e. The van der Waals surface area contributed by atoms with Gasteiger partial charge in [0.1, 0.15) is 0 Å². The molecule has 0 aliphatic heterocycles. The quantitative estimate of drug-likeness (QED) is 0.601. The van der Waals surface area contributed by atoms with Crippen molar-refractivity contribution in [1.82, 2.24) is 9.62 Å². The highest BCUT2D eigenvalue weighted by Crippen LogP contribution is 2.00. The number of carbonyl (C=O) groups is 1. The van der Waals surface area contributed by atoms with E-state index < -0.39 is 21.2 Å².